The maximum Gasteiger partial charge on any atom is 0.198 e. The Balaban J connectivity index is 1.18. The van der Waals surface area contributed by atoms with Gasteiger partial charge in [0.2, 0.25) is 0 Å². The Kier molecular flexibility index (Phi) is 7.82. The Morgan fingerprint density at radius 3 is 1.68 bits per heavy atom. The monoisotopic (exact) mass is 462 g/mol. The van der Waals surface area contributed by atoms with E-state index in [-0.39, 0.29) is 5.78 Å². The fourth-order valence-corrected chi connectivity index (χ4v) is 5.60. The summed E-state index contributed by atoms with van der Waals surface area (Å²) >= 11 is 0. The van der Waals surface area contributed by atoms with Crippen LogP contribution in [0, 0.1) is 0 Å². The summed E-state index contributed by atoms with van der Waals surface area (Å²) in [4.78, 5) is 18.4. The molecule has 2 saturated heterocycles. The molecule has 0 spiro atoms. The van der Waals surface area contributed by atoms with Gasteiger partial charge in [0.05, 0.1) is 18.8 Å². The van der Waals surface area contributed by atoms with E-state index in [0.717, 1.165) is 61.2 Å². The number of nitrogens with zero attached hydrogens (tertiary/aromatic N) is 2. The second-order valence-electron chi connectivity index (χ2n) is 9.90. The summed E-state index contributed by atoms with van der Waals surface area (Å²) in [5.41, 5.74) is 3.31. The van der Waals surface area contributed by atoms with E-state index in [4.69, 9.17) is 9.47 Å². The van der Waals surface area contributed by atoms with Crippen molar-refractivity contribution in [1.82, 2.24) is 9.80 Å². The number of fused-ring (bicyclic) bond motifs is 3. The van der Waals surface area contributed by atoms with E-state index in [1.54, 1.807) is 0 Å². The van der Waals surface area contributed by atoms with E-state index in [1.165, 1.54) is 51.9 Å². The second kappa shape index (κ2) is 11.4. The van der Waals surface area contributed by atoms with Crippen molar-refractivity contribution in [2.45, 2.75) is 51.4 Å². The van der Waals surface area contributed by atoms with Crippen molar-refractivity contribution in [3.05, 3.63) is 47.5 Å². The van der Waals surface area contributed by atoms with E-state index in [2.05, 4.69) is 9.80 Å². The van der Waals surface area contributed by atoms with Crippen molar-refractivity contribution in [2.24, 2.45) is 0 Å². The van der Waals surface area contributed by atoms with Gasteiger partial charge in [-0.2, -0.15) is 0 Å². The van der Waals surface area contributed by atoms with Gasteiger partial charge in [-0.05, 0) is 103 Å². The molecule has 0 radical (unpaired) electrons. The van der Waals surface area contributed by atoms with Crippen molar-refractivity contribution in [3.63, 3.8) is 0 Å². The lowest BCUT2D eigenvalue weighted by molar-refractivity contribution is 0.103. The minimum atomic E-state index is 0.0529. The number of ketones is 1. The normalized spacial score (nSPS) is 17.8. The lowest BCUT2D eigenvalue weighted by Gasteiger charge is -2.15. The number of hydrogen-bond donors (Lipinski definition) is 0. The molecule has 0 aromatic heterocycles. The molecule has 5 nitrogen and oxygen atoms in total. The Morgan fingerprint density at radius 2 is 1.12 bits per heavy atom. The molecule has 2 aromatic rings. The summed E-state index contributed by atoms with van der Waals surface area (Å²) in [6.07, 6.45) is 9.67. The zero-order valence-electron chi connectivity index (χ0n) is 20.4. The van der Waals surface area contributed by atoms with Gasteiger partial charge in [-0.1, -0.05) is 24.3 Å². The molecule has 3 aliphatic rings. The summed E-state index contributed by atoms with van der Waals surface area (Å²) in [7, 11) is 0. The Morgan fingerprint density at radius 1 is 0.618 bits per heavy atom. The maximum absolute atomic E-state index is 13.3. The number of benzene rings is 2. The van der Waals surface area contributed by atoms with Crippen LogP contribution in [0.2, 0.25) is 0 Å². The molecule has 2 aromatic carbocycles. The second-order valence-corrected chi connectivity index (χ2v) is 9.90. The first-order valence-corrected chi connectivity index (χ1v) is 13.3. The Hall–Kier alpha value is -2.37. The number of likely N-dealkylation sites (tertiary alicyclic amines) is 2. The lowest BCUT2D eigenvalue weighted by Crippen LogP contribution is -2.20. The zero-order chi connectivity index (χ0) is 23.2. The Labute approximate surface area is 204 Å². The van der Waals surface area contributed by atoms with Gasteiger partial charge >= 0.3 is 0 Å². The molecule has 0 N–H and O–H groups in total. The standard InChI is InChI=1S/C29H38N2O3/c32-29-24-12-10-13-25(33-21-7-5-19-30-15-1-2-16-30)27(24)23-11-9-14-26(28(23)29)34-22-8-6-20-31-17-3-4-18-31/h9-14H,1-8,15-22H2. The predicted molar refractivity (Wildman–Crippen MR) is 136 cm³/mol. The van der Waals surface area contributed by atoms with Gasteiger partial charge in [0, 0.05) is 16.7 Å². The molecule has 34 heavy (non-hydrogen) atoms. The topological polar surface area (TPSA) is 42.0 Å². The van der Waals surface area contributed by atoms with E-state index in [1.807, 2.05) is 36.4 Å². The Bertz CT molecular complexity index is 977. The number of carbonyl (C=O) groups excluding carboxylic acids is 1. The van der Waals surface area contributed by atoms with Crippen LogP contribution in [0.1, 0.15) is 67.3 Å². The number of ether oxygens (including phenoxy) is 2. The van der Waals surface area contributed by atoms with E-state index in [0.29, 0.717) is 24.5 Å². The molecule has 0 unspecified atom stereocenters. The molecule has 5 rings (SSSR count). The number of hydrogen-bond acceptors (Lipinski definition) is 5. The average molecular weight is 463 g/mol. The van der Waals surface area contributed by atoms with Crippen molar-refractivity contribution in [1.29, 1.82) is 0 Å². The van der Waals surface area contributed by atoms with E-state index in [9.17, 15) is 4.79 Å². The molecule has 1 aliphatic carbocycles. The molecule has 2 aliphatic heterocycles. The van der Waals surface area contributed by atoms with Crippen LogP contribution in [0.5, 0.6) is 11.5 Å². The third kappa shape index (κ3) is 5.31. The number of rotatable bonds is 12. The van der Waals surface area contributed by atoms with E-state index < -0.39 is 0 Å². The van der Waals surface area contributed by atoms with Gasteiger partial charge in [-0.25, -0.2) is 0 Å². The molecule has 2 heterocycles. The first-order chi connectivity index (χ1) is 16.8. The summed E-state index contributed by atoms with van der Waals surface area (Å²) in [5.74, 6) is 1.57. The molecule has 182 valence electrons. The van der Waals surface area contributed by atoms with Crippen molar-refractivity contribution < 1.29 is 14.3 Å². The highest BCUT2D eigenvalue weighted by Gasteiger charge is 2.32. The predicted octanol–water partition coefficient (Wildman–Crippen LogP) is 5.41. The van der Waals surface area contributed by atoms with Crippen molar-refractivity contribution in [3.8, 4) is 22.6 Å². The van der Waals surface area contributed by atoms with Crippen LogP contribution >= 0.6 is 0 Å². The molecule has 0 atom stereocenters. The largest absolute Gasteiger partial charge is 0.493 e. The first kappa shape index (κ1) is 23.4. The van der Waals surface area contributed by atoms with Crippen LogP contribution in [0.25, 0.3) is 11.1 Å². The minimum absolute atomic E-state index is 0.0529. The fraction of sp³-hybridized carbons (Fsp3) is 0.552. The van der Waals surface area contributed by atoms with Gasteiger partial charge in [-0.3, -0.25) is 4.79 Å². The van der Waals surface area contributed by atoms with Gasteiger partial charge in [-0.15, -0.1) is 0 Å². The SMILES string of the molecule is O=C1c2cccc(OCCCCN3CCCC3)c2-c2cccc(OCCCCN3CCCC3)c21. The molecule has 2 fully saturated rings. The highest BCUT2D eigenvalue weighted by atomic mass is 16.5. The van der Waals surface area contributed by atoms with Crippen molar-refractivity contribution in [2.75, 3.05) is 52.5 Å². The third-order valence-electron chi connectivity index (χ3n) is 7.44. The number of unbranched alkanes of at least 4 members (excludes halogenated alkanes) is 2. The van der Waals surface area contributed by atoms with Gasteiger partial charge in [0.1, 0.15) is 11.5 Å². The van der Waals surface area contributed by atoms with Crippen LogP contribution < -0.4 is 9.47 Å². The summed E-state index contributed by atoms with van der Waals surface area (Å²) < 4.78 is 12.3. The van der Waals surface area contributed by atoms with Crippen LogP contribution in [-0.2, 0) is 0 Å². The molecule has 0 saturated carbocycles. The molecular formula is C29H38N2O3. The number of carbonyl (C=O) groups is 1. The molecule has 5 heteroatoms. The van der Waals surface area contributed by atoms with Gasteiger partial charge in [0.25, 0.3) is 0 Å². The summed E-state index contributed by atoms with van der Waals surface area (Å²) in [6, 6.07) is 11.8. The van der Waals surface area contributed by atoms with Crippen LogP contribution in [0.3, 0.4) is 0 Å². The minimum Gasteiger partial charge on any atom is -0.493 e. The quantitative estimate of drug-likeness (QED) is 0.337. The van der Waals surface area contributed by atoms with E-state index >= 15 is 0 Å². The lowest BCUT2D eigenvalue weighted by atomic mass is 10.0. The molecular weight excluding hydrogens is 424 g/mol. The first-order valence-electron chi connectivity index (χ1n) is 13.3. The van der Waals surface area contributed by atoms with Crippen molar-refractivity contribution >= 4 is 5.78 Å². The molecule has 0 bridgehead atoms. The van der Waals surface area contributed by atoms with Crippen LogP contribution in [0.4, 0.5) is 0 Å². The highest BCUT2D eigenvalue weighted by molar-refractivity contribution is 6.24. The van der Waals surface area contributed by atoms with Gasteiger partial charge in [0.15, 0.2) is 5.78 Å². The summed E-state index contributed by atoms with van der Waals surface area (Å²) in [5, 5.41) is 0. The van der Waals surface area contributed by atoms with Crippen LogP contribution in [-0.4, -0.2) is 68.1 Å². The molecule has 0 amide bonds. The average Bonchev–Trinajstić information content (AvgIpc) is 3.62. The third-order valence-corrected chi connectivity index (χ3v) is 7.44. The smallest absolute Gasteiger partial charge is 0.198 e. The zero-order valence-corrected chi connectivity index (χ0v) is 20.4. The highest BCUT2D eigenvalue weighted by Crippen LogP contribution is 2.45. The summed E-state index contributed by atoms with van der Waals surface area (Å²) in [6.45, 7) is 8.61. The van der Waals surface area contributed by atoms with Gasteiger partial charge < -0.3 is 19.3 Å². The maximum atomic E-state index is 13.3. The van der Waals surface area contributed by atoms with Crippen LogP contribution in [0.15, 0.2) is 36.4 Å². The fourth-order valence-electron chi connectivity index (χ4n) is 5.60.